The molecular formula is C15H21NO5. The molecule has 0 aromatic heterocycles. The van der Waals surface area contributed by atoms with Crippen molar-refractivity contribution >= 4 is 5.97 Å². The molecule has 21 heavy (non-hydrogen) atoms. The van der Waals surface area contributed by atoms with E-state index in [4.69, 9.17) is 15.5 Å². The first-order valence-corrected chi connectivity index (χ1v) is 6.64. The number of carbonyl (C=O) groups excluding carboxylic acids is 1. The lowest BCUT2D eigenvalue weighted by Crippen LogP contribution is -2.35. The Labute approximate surface area is 124 Å². The standard InChI is InChI=1S/C8H16O5.C7H5N/c1-3-5-12-7(9)6-8(10,11)13-4-2;8-6-7-4-2-1-3-5-7/h10-11H,3-6H2,1-2H3;1-5H. The molecule has 0 amide bonds. The highest BCUT2D eigenvalue weighted by Crippen LogP contribution is 2.08. The van der Waals surface area contributed by atoms with Crippen LogP contribution >= 0.6 is 0 Å². The van der Waals surface area contributed by atoms with Gasteiger partial charge in [0.2, 0.25) is 0 Å². The monoisotopic (exact) mass is 295 g/mol. The molecule has 1 rings (SSSR count). The van der Waals surface area contributed by atoms with Crippen LogP contribution in [0, 0.1) is 11.3 Å². The fourth-order valence-corrected chi connectivity index (χ4v) is 1.25. The molecule has 116 valence electrons. The smallest absolute Gasteiger partial charge is 0.314 e. The molecule has 0 bridgehead atoms. The molecule has 0 aliphatic carbocycles. The first-order chi connectivity index (χ1) is 9.95. The fraction of sp³-hybridized carbons (Fsp3) is 0.467. The molecule has 0 aliphatic heterocycles. The van der Waals surface area contributed by atoms with Crippen LogP contribution in [0.5, 0.6) is 0 Å². The van der Waals surface area contributed by atoms with Gasteiger partial charge in [-0.3, -0.25) is 4.79 Å². The van der Waals surface area contributed by atoms with Crippen LogP contribution in [-0.4, -0.2) is 35.4 Å². The number of hydrogen-bond donors (Lipinski definition) is 2. The summed E-state index contributed by atoms with van der Waals surface area (Å²) in [7, 11) is 0. The van der Waals surface area contributed by atoms with Crippen molar-refractivity contribution in [3.63, 3.8) is 0 Å². The summed E-state index contributed by atoms with van der Waals surface area (Å²) in [5, 5.41) is 26.3. The van der Waals surface area contributed by atoms with Gasteiger partial charge in [0.05, 0.1) is 18.2 Å². The molecule has 0 aliphatic rings. The number of ether oxygens (including phenoxy) is 2. The van der Waals surface area contributed by atoms with Crippen molar-refractivity contribution in [3.05, 3.63) is 35.9 Å². The Morgan fingerprint density at radius 2 is 1.90 bits per heavy atom. The van der Waals surface area contributed by atoms with E-state index < -0.39 is 18.4 Å². The number of benzene rings is 1. The van der Waals surface area contributed by atoms with Crippen molar-refractivity contribution in [2.24, 2.45) is 0 Å². The van der Waals surface area contributed by atoms with Crippen molar-refractivity contribution < 1.29 is 24.5 Å². The number of aliphatic hydroxyl groups is 2. The number of rotatable bonds is 6. The molecule has 1 aromatic rings. The van der Waals surface area contributed by atoms with Gasteiger partial charge in [-0.25, -0.2) is 0 Å². The Morgan fingerprint density at radius 1 is 1.29 bits per heavy atom. The quantitative estimate of drug-likeness (QED) is 0.610. The zero-order valence-corrected chi connectivity index (χ0v) is 12.3. The minimum Gasteiger partial charge on any atom is -0.465 e. The van der Waals surface area contributed by atoms with Crippen LogP contribution in [0.4, 0.5) is 0 Å². The van der Waals surface area contributed by atoms with Gasteiger partial charge in [0.1, 0.15) is 6.42 Å². The van der Waals surface area contributed by atoms with Gasteiger partial charge in [0.25, 0.3) is 5.97 Å². The molecule has 0 unspecified atom stereocenters. The third-order valence-electron chi connectivity index (χ3n) is 2.12. The third kappa shape index (κ3) is 10.5. The molecule has 2 N–H and O–H groups in total. The minimum absolute atomic E-state index is 0.119. The van der Waals surface area contributed by atoms with E-state index in [1.54, 1.807) is 19.1 Å². The van der Waals surface area contributed by atoms with E-state index in [0.29, 0.717) is 12.0 Å². The summed E-state index contributed by atoms with van der Waals surface area (Å²) < 4.78 is 9.12. The zero-order valence-electron chi connectivity index (χ0n) is 12.3. The highest BCUT2D eigenvalue weighted by molar-refractivity contribution is 5.70. The Kier molecular flexibility index (Phi) is 9.80. The largest absolute Gasteiger partial charge is 0.465 e. The molecule has 0 saturated carbocycles. The van der Waals surface area contributed by atoms with Crippen LogP contribution in [-0.2, 0) is 14.3 Å². The normalized spacial score (nSPS) is 10.0. The maximum absolute atomic E-state index is 10.9. The molecule has 0 spiro atoms. The molecular weight excluding hydrogens is 274 g/mol. The Morgan fingerprint density at radius 3 is 2.33 bits per heavy atom. The average Bonchev–Trinajstić information content (AvgIpc) is 2.46. The van der Waals surface area contributed by atoms with Crippen molar-refractivity contribution in [2.75, 3.05) is 13.2 Å². The molecule has 0 atom stereocenters. The van der Waals surface area contributed by atoms with Gasteiger partial charge in [-0.05, 0) is 25.5 Å². The summed E-state index contributed by atoms with van der Waals surface area (Å²) in [6, 6.07) is 11.2. The summed E-state index contributed by atoms with van der Waals surface area (Å²) in [5.74, 6) is -3.08. The van der Waals surface area contributed by atoms with Gasteiger partial charge in [0.15, 0.2) is 0 Å². The van der Waals surface area contributed by atoms with Crippen LogP contribution in [0.1, 0.15) is 32.3 Å². The summed E-state index contributed by atoms with van der Waals surface area (Å²) in [5.41, 5.74) is 0.715. The Balaban J connectivity index is 0.000000423. The molecule has 6 nitrogen and oxygen atoms in total. The van der Waals surface area contributed by atoms with E-state index >= 15 is 0 Å². The predicted octanol–water partition coefficient (Wildman–Crippen LogP) is 1.56. The average molecular weight is 295 g/mol. The van der Waals surface area contributed by atoms with Crippen LogP contribution in [0.25, 0.3) is 0 Å². The molecule has 0 heterocycles. The van der Waals surface area contributed by atoms with E-state index in [-0.39, 0.29) is 13.2 Å². The first-order valence-electron chi connectivity index (χ1n) is 6.64. The second-order valence-electron chi connectivity index (χ2n) is 4.05. The van der Waals surface area contributed by atoms with Gasteiger partial charge in [-0.1, -0.05) is 25.1 Å². The number of hydrogen-bond acceptors (Lipinski definition) is 6. The Bertz CT molecular complexity index is 439. The maximum atomic E-state index is 10.9. The second kappa shape index (κ2) is 10.8. The van der Waals surface area contributed by atoms with Crippen molar-refractivity contribution in [1.82, 2.24) is 0 Å². The summed E-state index contributed by atoms with van der Waals surface area (Å²) in [6.45, 7) is 3.84. The van der Waals surface area contributed by atoms with Gasteiger partial charge >= 0.3 is 5.97 Å². The lowest BCUT2D eigenvalue weighted by Gasteiger charge is -2.19. The van der Waals surface area contributed by atoms with E-state index in [2.05, 4.69) is 9.47 Å². The molecule has 0 saturated heterocycles. The van der Waals surface area contributed by atoms with Gasteiger partial charge in [-0.15, -0.1) is 0 Å². The zero-order chi connectivity index (χ0) is 16.1. The first kappa shape index (κ1) is 19.1. The molecule has 1 aromatic carbocycles. The van der Waals surface area contributed by atoms with Crippen LogP contribution in [0.2, 0.25) is 0 Å². The molecule has 0 radical (unpaired) electrons. The highest BCUT2D eigenvalue weighted by atomic mass is 16.8. The van der Waals surface area contributed by atoms with Crippen molar-refractivity contribution in [2.45, 2.75) is 32.7 Å². The fourth-order valence-electron chi connectivity index (χ4n) is 1.25. The minimum atomic E-state index is -2.40. The lowest BCUT2D eigenvalue weighted by atomic mass is 10.2. The summed E-state index contributed by atoms with van der Waals surface area (Å²) in [4.78, 5) is 10.9. The van der Waals surface area contributed by atoms with Crippen LogP contribution < -0.4 is 0 Å². The highest BCUT2D eigenvalue weighted by Gasteiger charge is 2.28. The maximum Gasteiger partial charge on any atom is 0.314 e. The predicted molar refractivity (Wildman–Crippen MR) is 75.8 cm³/mol. The van der Waals surface area contributed by atoms with E-state index in [1.807, 2.05) is 31.2 Å². The van der Waals surface area contributed by atoms with Crippen LogP contribution in [0.15, 0.2) is 30.3 Å². The number of esters is 1. The topological polar surface area (TPSA) is 99.8 Å². The second-order valence-corrected chi connectivity index (χ2v) is 4.05. The van der Waals surface area contributed by atoms with E-state index in [0.717, 1.165) is 0 Å². The molecule has 6 heteroatoms. The number of nitrogens with zero attached hydrogens (tertiary/aromatic N) is 1. The number of nitriles is 1. The van der Waals surface area contributed by atoms with E-state index in [1.165, 1.54) is 0 Å². The van der Waals surface area contributed by atoms with Crippen LogP contribution in [0.3, 0.4) is 0 Å². The van der Waals surface area contributed by atoms with Crippen molar-refractivity contribution in [1.29, 1.82) is 5.26 Å². The number of carbonyl (C=O) groups is 1. The van der Waals surface area contributed by atoms with Crippen molar-refractivity contribution in [3.8, 4) is 6.07 Å². The van der Waals surface area contributed by atoms with Gasteiger partial charge in [0, 0.05) is 6.61 Å². The van der Waals surface area contributed by atoms with E-state index in [9.17, 15) is 4.79 Å². The molecule has 0 fully saturated rings. The summed E-state index contributed by atoms with van der Waals surface area (Å²) >= 11 is 0. The lowest BCUT2D eigenvalue weighted by molar-refractivity contribution is -0.335. The SMILES string of the molecule is CCCOC(=O)CC(O)(O)OCC.N#Cc1ccccc1. The Hall–Kier alpha value is -1.94. The van der Waals surface area contributed by atoms with Gasteiger partial charge in [-0.2, -0.15) is 5.26 Å². The van der Waals surface area contributed by atoms with Gasteiger partial charge < -0.3 is 19.7 Å². The summed E-state index contributed by atoms with van der Waals surface area (Å²) in [6.07, 6.45) is 0.130. The third-order valence-corrected chi connectivity index (χ3v) is 2.12.